The molecule has 0 aliphatic heterocycles. The van der Waals surface area contributed by atoms with E-state index >= 15 is 0 Å². The topological polar surface area (TPSA) is 117 Å². The third kappa shape index (κ3) is 2.92. The standard InChI is InChI=1S/C18H18O7/c1-9(2)25-18(4-3-10(19)7-15(18)23)16-8-13(22)17-12(21)5-11(20)6-14(17)24-16/h3-6,8-9,15,20-21,23H,7H2,1-2H3. The second-order valence-corrected chi connectivity index (χ2v) is 6.29. The largest absolute Gasteiger partial charge is 0.508 e. The molecule has 0 amide bonds. The van der Waals surface area contributed by atoms with Gasteiger partial charge in [0.05, 0.1) is 6.10 Å². The number of rotatable bonds is 3. The van der Waals surface area contributed by atoms with Gasteiger partial charge in [-0.15, -0.1) is 0 Å². The molecular formula is C18H18O7. The molecule has 1 aromatic carbocycles. The van der Waals surface area contributed by atoms with Crippen LogP contribution in [0, 0.1) is 0 Å². The molecule has 0 spiro atoms. The van der Waals surface area contributed by atoms with E-state index in [1.54, 1.807) is 13.8 Å². The molecule has 1 aliphatic rings. The van der Waals surface area contributed by atoms with E-state index in [0.717, 1.165) is 12.1 Å². The van der Waals surface area contributed by atoms with Gasteiger partial charge in [0, 0.05) is 24.6 Å². The summed E-state index contributed by atoms with van der Waals surface area (Å²) in [6, 6.07) is 3.34. The van der Waals surface area contributed by atoms with Crippen LogP contribution in [0.4, 0.5) is 0 Å². The van der Waals surface area contributed by atoms with Gasteiger partial charge in [0.1, 0.15) is 34.3 Å². The van der Waals surface area contributed by atoms with Crippen molar-refractivity contribution in [3.05, 3.63) is 46.3 Å². The predicted octanol–water partition coefficient (Wildman–Crippen LogP) is 1.71. The van der Waals surface area contributed by atoms with E-state index in [1.165, 1.54) is 18.2 Å². The van der Waals surface area contributed by atoms with Crippen LogP contribution in [-0.2, 0) is 15.1 Å². The van der Waals surface area contributed by atoms with Gasteiger partial charge >= 0.3 is 0 Å². The van der Waals surface area contributed by atoms with Gasteiger partial charge < -0.3 is 24.5 Å². The predicted molar refractivity (Wildman–Crippen MR) is 88.5 cm³/mol. The first-order valence-corrected chi connectivity index (χ1v) is 7.81. The molecular weight excluding hydrogens is 328 g/mol. The number of phenols is 2. The van der Waals surface area contributed by atoms with Gasteiger partial charge in [0.2, 0.25) is 0 Å². The molecule has 132 valence electrons. The Balaban J connectivity index is 2.29. The van der Waals surface area contributed by atoms with Crippen molar-refractivity contribution in [3.8, 4) is 11.5 Å². The summed E-state index contributed by atoms with van der Waals surface area (Å²) >= 11 is 0. The van der Waals surface area contributed by atoms with Crippen molar-refractivity contribution in [1.82, 2.24) is 0 Å². The Morgan fingerprint density at radius 1 is 1.24 bits per heavy atom. The summed E-state index contributed by atoms with van der Waals surface area (Å²) in [7, 11) is 0. The highest BCUT2D eigenvalue weighted by Gasteiger charge is 2.45. The van der Waals surface area contributed by atoms with Crippen LogP contribution in [0.25, 0.3) is 11.0 Å². The summed E-state index contributed by atoms with van der Waals surface area (Å²) in [5, 5.41) is 29.9. The van der Waals surface area contributed by atoms with Crippen molar-refractivity contribution in [2.24, 2.45) is 0 Å². The number of allylic oxidation sites excluding steroid dienone is 1. The maximum atomic E-state index is 12.4. The number of carbonyl (C=O) groups excluding carboxylic acids is 1. The highest BCUT2D eigenvalue weighted by Crippen LogP contribution is 2.38. The molecule has 2 unspecified atom stereocenters. The fourth-order valence-electron chi connectivity index (χ4n) is 3.00. The quantitative estimate of drug-likeness (QED) is 0.774. The van der Waals surface area contributed by atoms with Gasteiger partial charge in [-0.2, -0.15) is 0 Å². The van der Waals surface area contributed by atoms with Gasteiger partial charge in [0.15, 0.2) is 16.8 Å². The number of hydrogen-bond acceptors (Lipinski definition) is 7. The van der Waals surface area contributed by atoms with E-state index in [9.17, 15) is 24.9 Å². The molecule has 0 saturated heterocycles. The van der Waals surface area contributed by atoms with Crippen molar-refractivity contribution < 1.29 is 29.3 Å². The van der Waals surface area contributed by atoms with Crippen molar-refractivity contribution in [3.63, 3.8) is 0 Å². The number of ketones is 1. The lowest BCUT2D eigenvalue weighted by Crippen LogP contribution is -2.46. The minimum Gasteiger partial charge on any atom is -0.508 e. The fourth-order valence-corrected chi connectivity index (χ4v) is 3.00. The van der Waals surface area contributed by atoms with E-state index in [4.69, 9.17) is 9.15 Å². The molecule has 2 aromatic rings. The molecule has 2 atom stereocenters. The SMILES string of the molecule is CC(C)OC1(c2cc(=O)c3c(O)cc(O)cc3o2)C=CC(=O)CC1O. The number of ether oxygens (including phenoxy) is 1. The van der Waals surface area contributed by atoms with Crippen LogP contribution in [0.15, 0.2) is 39.6 Å². The number of aliphatic hydroxyl groups is 1. The third-order valence-corrected chi connectivity index (χ3v) is 4.02. The maximum absolute atomic E-state index is 12.4. The van der Waals surface area contributed by atoms with Gasteiger partial charge in [-0.1, -0.05) is 0 Å². The number of hydrogen-bond donors (Lipinski definition) is 3. The van der Waals surface area contributed by atoms with Gasteiger partial charge in [0.25, 0.3) is 0 Å². The van der Waals surface area contributed by atoms with Crippen molar-refractivity contribution in [2.45, 2.75) is 38.1 Å². The number of aromatic hydroxyl groups is 2. The Morgan fingerprint density at radius 3 is 2.60 bits per heavy atom. The summed E-state index contributed by atoms with van der Waals surface area (Å²) in [5.74, 6) is -0.975. The normalized spacial score (nSPS) is 23.5. The van der Waals surface area contributed by atoms with Crippen LogP contribution in [0.3, 0.4) is 0 Å². The smallest absolute Gasteiger partial charge is 0.196 e. The minimum absolute atomic E-state index is 0.0139. The van der Waals surface area contributed by atoms with Crippen LogP contribution >= 0.6 is 0 Å². The number of fused-ring (bicyclic) bond motifs is 1. The Morgan fingerprint density at radius 2 is 1.96 bits per heavy atom. The number of aliphatic hydroxyl groups excluding tert-OH is 1. The molecule has 0 fully saturated rings. The average Bonchev–Trinajstić information content (AvgIpc) is 2.48. The molecule has 7 heteroatoms. The third-order valence-electron chi connectivity index (χ3n) is 4.02. The lowest BCUT2D eigenvalue weighted by atomic mass is 9.84. The zero-order chi connectivity index (χ0) is 18.4. The molecule has 3 N–H and O–H groups in total. The fraction of sp³-hybridized carbons (Fsp3) is 0.333. The second-order valence-electron chi connectivity index (χ2n) is 6.29. The van der Waals surface area contributed by atoms with Gasteiger partial charge in [-0.05, 0) is 26.0 Å². The molecule has 1 aromatic heterocycles. The van der Waals surface area contributed by atoms with Crippen LogP contribution in [0.5, 0.6) is 11.5 Å². The second kappa shape index (κ2) is 6.02. The highest BCUT2D eigenvalue weighted by atomic mass is 16.5. The van der Waals surface area contributed by atoms with E-state index in [1.807, 2.05) is 0 Å². The van der Waals surface area contributed by atoms with Crippen LogP contribution in [0.1, 0.15) is 26.0 Å². The van der Waals surface area contributed by atoms with Crippen molar-refractivity contribution in [2.75, 3.05) is 0 Å². The molecule has 3 rings (SSSR count). The van der Waals surface area contributed by atoms with E-state index in [-0.39, 0.29) is 40.8 Å². The summed E-state index contributed by atoms with van der Waals surface area (Å²) in [6.07, 6.45) is 0.871. The molecule has 7 nitrogen and oxygen atoms in total. The van der Waals surface area contributed by atoms with Gasteiger partial charge in [-0.25, -0.2) is 0 Å². The highest BCUT2D eigenvalue weighted by molar-refractivity contribution is 5.91. The minimum atomic E-state index is -1.52. The van der Waals surface area contributed by atoms with Gasteiger partial charge in [-0.3, -0.25) is 9.59 Å². The maximum Gasteiger partial charge on any atom is 0.196 e. The molecule has 0 saturated carbocycles. The Kier molecular flexibility index (Phi) is 4.14. The number of benzene rings is 1. The van der Waals surface area contributed by atoms with Crippen molar-refractivity contribution in [1.29, 1.82) is 0 Å². The summed E-state index contributed by atoms with van der Waals surface area (Å²) in [6.45, 7) is 3.49. The Hall–Kier alpha value is -2.64. The van der Waals surface area contributed by atoms with E-state index in [2.05, 4.69) is 0 Å². The summed E-state index contributed by atoms with van der Waals surface area (Å²) in [5.41, 5.74) is -2.13. The zero-order valence-electron chi connectivity index (χ0n) is 13.7. The lowest BCUT2D eigenvalue weighted by Gasteiger charge is -2.37. The number of carbonyl (C=O) groups is 1. The zero-order valence-corrected chi connectivity index (χ0v) is 13.7. The van der Waals surface area contributed by atoms with E-state index < -0.39 is 22.9 Å². The first-order valence-electron chi connectivity index (χ1n) is 7.81. The van der Waals surface area contributed by atoms with E-state index in [0.29, 0.717) is 0 Å². The van der Waals surface area contributed by atoms with Crippen LogP contribution in [0.2, 0.25) is 0 Å². The van der Waals surface area contributed by atoms with Crippen LogP contribution < -0.4 is 5.43 Å². The number of phenolic OH excluding ortho intramolecular Hbond substituents is 2. The Bertz CT molecular complexity index is 925. The summed E-state index contributed by atoms with van der Waals surface area (Å²) in [4.78, 5) is 24.0. The summed E-state index contributed by atoms with van der Waals surface area (Å²) < 4.78 is 11.5. The monoisotopic (exact) mass is 346 g/mol. The molecule has 1 aliphatic carbocycles. The molecule has 0 bridgehead atoms. The first-order chi connectivity index (χ1) is 11.7. The average molecular weight is 346 g/mol. The first kappa shape index (κ1) is 17.2. The Labute approximate surface area is 142 Å². The lowest BCUT2D eigenvalue weighted by molar-refractivity contribution is -0.147. The van der Waals surface area contributed by atoms with Crippen LogP contribution in [-0.4, -0.2) is 33.3 Å². The molecule has 1 heterocycles. The molecule has 25 heavy (non-hydrogen) atoms. The van der Waals surface area contributed by atoms with Crippen molar-refractivity contribution >= 4 is 16.8 Å². The molecule has 0 radical (unpaired) electrons.